The summed E-state index contributed by atoms with van der Waals surface area (Å²) in [6.07, 6.45) is 5.83. The Bertz CT molecular complexity index is 378. The van der Waals surface area contributed by atoms with Crippen LogP contribution in [0.25, 0.3) is 0 Å². The van der Waals surface area contributed by atoms with Gasteiger partial charge in [-0.15, -0.1) is 0 Å². The molecule has 1 aliphatic heterocycles. The van der Waals surface area contributed by atoms with E-state index in [0.29, 0.717) is 12.7 Å². The number of amides is 1. The summed E-state index contributed by atoms with van der Waals surface area (Å²) >= 11 is 0. The van der Waals surface area contributed by atoms with Gasteiger partial charge in [-0.25, -0.2) is 0 Å². The Morgan fingerprint density at radius 1 is 1.52 bits per heavy atom. The highest BCUT2D eigenvalue weighted by Crippen LogP contribution is 2.48. The zero-order chi connectivity index (χ0) is 15.2. The first-order chi connectivity index (χ1) is 10.0. The van der Waals surface area contributed by atoms with Crippen LogP contribution in [0.4, 0.5) is 0 Å². The molecule has 0 aromatic heterocycles. The molecule has 4 unspecified atom stereocenters. The number of carbonyl (C=O) groups is 1. The predicted molar refractivity (Wildman–Crippen MR) is 77.9 cm³/mol. The molecule has 1 aliphatic carbocycles. The van der Waals surface area contributed by atoms with Crippen molar-refractivity contribution in [1.82, 2.24) is 5.32 Å². The molecule has 2 fully saturated rings. The molecule has 0 bridgehead atoms. The van der Waals surface area contributed by atoms with Crippen molar-refractivity contribution in [2.45, 2.75) is 57.6 Å². The second-order valence-electron chi connectivity index (χ2n) is 5.21. The molecule has 0 aromatic rings. The van der Waals surface area contributed by atoms with Gasteiger partial charge in [0, 0.05) is 12.3 Å². The molecule has 1 saturated heterocycles. The normalized spacial score (nSPS) is 31.8. The number of hydrogen-bond donors (Lipinski definition) is 2. The second kappa shape index (κ2) is 8.06. The van der Waals surface area contributed by atoms with Gasteiger partial charge in [0.2, 0.25) is 5.91 Å². The minimum atomic E-state index is -1.25. The lowest BCUT2D eigenvalue weighted by Gasteiger charge is -2.36. The van der Waals surface area contributed by atoms with Crippen LogP contribution in [0.1, 0.15) is 33.1 Å². The van der Waals surface area contributed by atoms with Crippen LogP contribution < -0.4 is 11.1 Å². The first-order valence-electron chi connectivity index (χ1n) is 7.18. The van der Waals surface area contributed by atoms with Crippen LogP contribution in [0.5, 0.6) is 0 Å². The number of ether oxygens (including phenoxy) is 1. The molecule has 4 atom stereocenters. The highest BCUT2D eigenvalue weighted by Gasteiger charge is 2.35. The highest BCUT2D eigenvalue weighted by atomic mass is 31.2. The first-order valence-corrected chi connectivity index (χ1v) is 8.28. The van der Waals surface area contributed by atoms with E-state index in [1.165, 1.54) is 18.7 Å². The third kappa shape index (κ3) is 5.52. The smallest absolute Gasteiger partial charge is 0.333 e. The maximum Gasteiger partial charge on any atom is 0.333 e. The zero-order valence-corrected chi connectivity index (χ0v) is 13.3. The topological polar surface area (TPSA) is 92.0 Å². The maximum absolute atomic E-state index is 10.6. The van der Waals surface area contributed by atoms with Gasteiger partial charge in [0.05, 0.1) is 18.8 Å². The van der Waals surface area contributed by atoms with Gasteiger partial charge in [0.15, 0.2) is 0 Å². The van der Waals surface area contributed by atoms with E-state index in [0.717, 1.165) is 12.8 Å². The molecular formula is C13H23N2O5P. The average molecular weight is 318 g/mol. The summed E-state index contributed by atoms with van der Waals surface area (Å²) in [6, 6.07) is 0. The number of rotatable bonds is 7. The van der Waals surface area contributed by atoms with Gasteiger partial charge in [-0.2, -0.15) is 0 Å². The number of nitrogens with two attached hydrogens (primary N) is 1. The standard InChI is InChI=1S/C13H23N2O5P/c1-9-12(18-10(2)15-7-6-13(14)16)8-17-21(19-9)20-11-4-3-5-11/h6-7,9-12,15H,3-5,8H2,1-2H3,(H2,14,16)/b7-6-. The van der Waals surface area contributed by atoms with Crippen LogP contribution >= 0.6 is 8.60 Å². The maximum atomic E-state index is 10.6. The Hall–Kier alpha value is -0.720. The van der Waals surface area contributed by atoms with Gasteiger partial charge in [0.25, 0.3) is 0 Å². The summed E-state index contributed by atoms with van der Waals surface area (Å²) in [7, 11) is -1.25. The van der Waals surface area contributed by atoms with Crippen molar-refractivity contribution >= 4 is 14.5 Å². The molecule has 8 heteroatoms. The molecule has 2 aliphatic rings. The molecule has 0 radical (unpaired) electrons. The van der Waals surface area contributed by atoms with Crippen molar-refractivity contribution in [3.8, 4) is 0 Å². The zero-order valence-electron chi connectivity index (χ0n) is 12.4. The van der Waals surface area contributed by atoms with Crippen LogP contribution in [-0.2, 0) is 23.1 Å². The van der Waals surface area contributed by atoms with Crippen molar-refractivity contribution in [1.29, 1.82) is 0 Å². The summed E-state index contributed by atoms with van der Waals surface area (Å²) in [5, 5.41) is 2.90. The molecule has 2 rings (SSSR count). The minimum absolute atomic E-state index is 0.102. The molecule has 7 nitrogen and oxygen atoms in total. The van der Waals surface area contributed by atoms with Gasteiger partial charge in [-0.05, 0) is 33.1 Å². The minimum Gasteiger partial charge on any atom is -0.366 e. The lowest BCUT2D eigenvalue weighted by Crippen LogP contribution is -2.41. The molecule has 120 valence electrons. The first kappa shape index (κ1) is 16.6. The number of primary amides is 1. The summed E-state index contributed by atoms with van der Waals surface area (Å²) in [4.78, 5) is 10.6. The average Bonchev–Trinajstić information content (AvgIpc) is 2.36. The molecular weight excluding hydrogens is 295 g/mol. The van der Waals surface area contributed by atoms with Gasteiger partial charge in [0.1, 0.15) is 12.3 Å². The summed E-state index contributed by atoms with van der Waals surface area (Å²) in [5.74, 6) is -0.508. The summed E-state index contributed by atoms with van der Waals surface area (Å²) in [5.41, 5.74) is 5.00. The van der Waals surface area contributed by atoms with E-state index in [1.807, 2.05) is 13.8 Å². The fourth-order valence-corrected chi connectivity index (χ4v) is 3.18. The monoisotopic (exact) mass is 318 g/mol. The second-order valence-corrected chi connectivity index (χ2v) is 6.33. The van der Waals surface area contributed by atoms with E-state index in [4.69, 9.17) is 24.0 Å². The third-order valence-electron chi connectivity index (χ3n) is 3.36. The Morgan fingerprint density at radius 2 is 2.29 bits per heavy atom. The lowest BCUT2D eigenvalue weighted by molar-refractivity contribution is -0.114. The van der Waals surface area contributed by atoms with Crippen LogP contribution in [0, 0.1) is 0 Å². The molecule has 1 heterocycles. The van der Waals surface area contributed by atoms with Crippen molar-refractivity contribution in [3.63, 3.8) is 0 Å². The van der Waals surface area contributed by atoms with Crippen LogP contribution in [0.3, 0.4) is 0 Å². The fourth-order valence-electron chi connectivity index (χ4n) is 1.87. The molecule has 1 amide bonds. The quantitative estimate of drug-likeness (QED) is 0.420. The molecule has 21 heavy (non-hydrogen) atoms. The van der Waals surface area contributed by atoms with Gasteiger partial charge in [-0.1, -0.05) is 0 Å². The largest absolute Gasteiger partial charge is 0.366 e. The lowest BCUT2D eigenvalue weighted by atomic mass is 9.97. The highest BCUT2D eigenvalue weighted by molar-refractivity contribution is 7.41. The van der Waals surface area contributed by atoms with Gasteiger partial charge >= 0.3 is 8.60 Å². The molecule has 3 N–H and O–H groups in total. The van der Waals surface area contributed by atoms with Gasteiger partial charge in [-0.3, -0.25) is 4.79 Å². The Morgan fingerprint density at radius 3 is 2.86 bits per heavy atom. The Labute approximate surface area is 126 Å². The van der Waals surface area contributed by atoms with Crippen molar-refractivity contribution in [2.24, 2.45) is 5.73 Å². The predicted octanol–water partition coefficient (Wildman–Crippen LogP) is 1.54. The number of hydrogen-bond acceptors (Lipinski definition) is 6. The van der Waals surface area contributed by atoms with Crippen molar-refractivity contribution < 1.29 is 23.1 Å². The summed E-state index contributed by atoms with van der Waals surface area (Å²) in [6.45, 7) is 4.21. The third-order valence-corrected chi connectivity index (χ3v) is 4.70. The van der Waals surface area contributed by atoms with E-state index in [-0.39, 0.29) is 18.4 Å². The van der Waals surface area contributed by atoms with Crippen LogP contribution in [0.2, 0.25) is 0 Å². The van der Waals surface area contributed by atoms with E-state index >= 15 is 0 Å². The Kier molecular flexibility index (Phi) is 6.39. The van der Waals surface area contributed by atoms with Crippen molar-refractivity contribution in [2.75, 3.05) is 6.61 Å². The van der Waals surface area contributed by atoms with Crippen molar-refractivity contribution in [3.05, 3.63) is 12.3 Å². The van der Waals surface area contributed by atoms with E-state index in [2.05, 4.69) is 5.32 Å². The van der Waals surface area contributed by atoms with E-state index < -0.39 is 14.5 Å². The Balaban J connectivity index is 1.68. The van der Waals surface area contributed by atoms with Crippen LogP contribution in [0.15, 0.2) is 12.3 Å². The van der Waals surface area contributed by atoms with E-state index in [9.17, 15) is 4.79 Å². The van der Waals surface area contributed by atoms with E-state index in [1.54, 1.807) is 0 Å². The molecule has 0 spiro atoms. The molecule has 0 aromatic carbocycles. The summed E-state index contributed by atoms with van der Waals surface area (Å²) < 4.78 is 22.8. The number of nitrogens with one attached hydrogen (secondary N) is 1. The van der Waals surface area contributed by atoms with Gasteiger partial charge < -0.3 is 29.4 Å². The number of carbonyl (C=O) groups excluding carboxylic acids is 1. The fraction of sp³-hybridized carbons (Fsp3) is 0.769. The van der Waals surface area contributed by atoms with Crippen LogP contribution in [-0.4, -0.2) is 37.1 Å². The molecule has 1 saturated carbocycles. The SMILES string of the molecule is CC(N/C=C\C(N)=O)OC1COP(OC2CCC2)OC1C.